The molecule has 0 amide bonds. The SMILES string of the molecule is Cc1ccc(/C=N\N2CCN(Cc3ccccc3)CC2)cc1. The van der Waals surface area contributed by atoms with Gasteiger partial charge in [-0.25, -0.2) is 0 Å². The first-order valence-electron chi connectivity index (χ1n) is 7.91. The van der Waals surface area contributed by atoms with Gasteiger partial charge in [0.2, 0.25) is 0 Å². The van der Waals surface area contributed by atoms with Crippen LogP contribution in [0.25, 0.3) is 0 Å². The molecule has 22 heavy (non-hydrogen) atoms. The van der Waals surface area contributed by atoms with Crippen LogP contribution in [0.15, 0.2) is 59.7 Å². The number of nitrogens with zero attached hydrogens (tertiary/aromatic N) is 3. The Morgan fingerprint density at radius 2 is 1.59 bits per heavy atom. The molecule has 0 bridgehead atoms. The highest BCUT2D eigenvalue weighted by Gasteiger charge is 2.15. The lowest BCUT2D eigenvalue weighted by molar-refractivity contribution is 0.131. The van der Waals surface area contributed by atoms with E-state index in [2.05, 4.69) is 76.5 Å². The molecule has 0 spiro atoms. The Hall–Kier alpha value is -2.13. The van der Waals surface area contributed by atoms with E-state index in [4.69, 9.17) is 0 Å². The van der Waals surface area contributed by atoms with E-state index in [1.165, 1.54) is 11.1 Å². The molecule has 2 aromatic rings. The lowest BCUT2D eigenvalue weighted by Crippen LogP contribution is -2.43. The fourth-order valence-corrected chi connectivity index (χ4v) is 2.65. The van der Waals surface area contributed by atoms with Gasteiger partial charge in [0.1, 0.15) is 0 Å². The number of piperazine rings is 1. The van der Waals surface area contributed by atoms with Crippen molar-refractivity contribution in [2.75, 3.05) is 26.2 Å². The van der Waals surface area contributed by atoms with E-state index >= 15 is 0 Å². The van der Waals surface area contributed by atoms with E-state index in [1.807, 2.05) is 6.21 Å². The zero-order valence-corrected chi connectivity index (χ0v) is 13.2. The summed E-state index contributed by atoms with van der Waals surface area (Å²) in [5.41, 5.74) is 3.84. The Balaban J connectivity index is 1.48. The van der Waals surface area contributed by atoms with E-state index in [0.29, 0.717) is 0 Å². The monoisotopic (exact) mass is 293 g/mol. The Morgan fingerprint density at radius 3 is 2.27 bits per heavy atom. The molecular formula is C19H23N3. The Kier molecular flexibility index (Phi) is 4.86. The minimum Gasteiger partial charge on any atom is -0.295 e. The standard InChI is InChI=1S/C19H23N3/c1-17-7-9-18(10-8-17)15-20-22-13-11-21(12-14-22)16-19-5-3-2-4-6-19/h2-10,15H,11-14,16H2,1H3/b20-15-. The van der Waals surface area contributed by atoms with E-state index in [1.54, 1.807) is 0 Å². The molecule has 0 aliphatic carbocycles. The molecule has 3 heteroatoms. The van der Waals surface area contributed by atoms with Crippen LogP contribution >= 0.6 is 0 Å². The number of hydrogen-bond donors (Lipinski definition) is 0. The fourth-order valence-electron chi connectivity index (χ4n) is 2.65. The van der Waals surface area contributed by atoms with E-state index < -0.39 is 0 Å². The summed E-state index contributed by atoms with van der Waals surface area (Å²) < 4.78 is 0. The highest BCUT2D eigenvalue weighted by atomic mass is 15.5. The van der Waals surface area contributed by atoms with Crippen LogP contribution in [0.1, 0.15) is 16.7 Å². The van der Waals surface area contributed by atoms with Gasteiger partial charge in [0, 0.05) is 32.7 Å². The van der Waals surface area contributed by atoms with Crippen LogP contribution in [-0.2, 0) is 6.54 Å². The third-order valence-corrected chi connectivity index (χ3v) is 4.05. The third-order valence-electron chi connectivity index (χ3n) is 4.05. The Morgan fingerprint density at radius 1 is 0.909 bits per heavy atom. The van der Waals surface area contributed by atoms with Crippen LogP contribution in [0.4, 0.5) is 0 Å². The summed E-state index contributed by atoms with van der Waals surface area (Å²) in [5, 5.41) is 6.77. The first kappa shape index (κ1) is 14.8. The fraction of sp³-hybridized carbons (Fsp3) is 0.316. The van der Waals surface area contributed by atoms with Crippen LogP contribution in [0.5, 0.6) is 0 Å². The summed E-state index contributed by atoms with van der Waals surface area (Å²) in [5.74, 6) is 0. The average molecular weight is 293 g/mol. The van der Waals surface area contributed by atoms with Crippen molar-refractivity contribution >= 4 is 6.21 Å². The second-order valence-corrected chi connectivity index (χ2v) is 5.87. The molecule has 0 radical (unpaired) electrons. The molecule has 2 aromatic carbocycles. The number of hydrogen-bond acceptors (Lipinski definition) is 3. The van der Waals surface area contributed by atoms with Gasteiger partial charge < -0.3 is 0 Å². The summed E-state index contributed by atoms with van der Waals surface area (Å²) in [4.78, 5) is 2.49. The van der Waals surface area contributed by atoms with Crippen molar-refractivity contribution in [3.05, 3.63) is 71.3 Å². The summed E-state index contributed by atoms with van der Waals surface area (Å²) in [7, 11) is 0. The zero-order valence-electron chi connectivity index (χ0n) is 13.2. The van der Waals surface area contributed by atoms with Gasteiger partial charge in [-0.3, -0.25) is 9.91 Å². The maximum atomic E-state index is 4.61. The molecule has 1 fully saturated rings. The number of hydrazone groups is 1. The lowest BCUT2D eigenvalue weighted by Gasteiger charge is -2.33. The summed E-state index contributed by atoms with van der Waals surface area (Å²) in [6.07, 6.45) is 1.96. The molecular weight excluding hydrogens is 270 g/mol. The molecule has 1 heterocycles. The molecule has 0 aromatic heterocycles. The third kappa shape index (κ3) is 4.18. The largest absolute Gasteiger partial charge is 0.295 e. The molecule has 1 aliphatic heterocycles. The summed E-state index contributed by atoms with van der Waals surface area (Å²) >= 11 is 0. The zero-order chi connectivity index (χ0) is 15.2. The van der Waals surface area contributed by atoms with Gasteiger partial charge in [-0.05, 0) is 18.1 Å². The van der Waals surface area contributed by atoms with Gasteiger partial charge in [-0.2, -0.15) is 5.10 Å². The van der Waals surface area contributed by atoms with Gasteiger partial charge in [0.05, 0.1) is 6.21 Å². The molecule has 1 aliphatic rings. The van der Waals surface area contributed by atoms with Crippen molar-refractivity contribution < 1.29 is 0 Å². The molecule has 114 valence electrons. The van der Waals surface area contributed by atoms with Crippen LogP contribution < -0.4 is 0 Å². The van der Waals surface area contributed by atoms with Crippen LogP contribution in [0.2, 0.25) is 0 Å². The molecule has 0 atom stereocenters. The summed E-state index contributed by atoms with van der Waals surface area (Å²) in [6.45, 7) is 7.27. The molecule has 1 saturated heterocycles. The molecule has 3 rings (SSSR count). The number of aryl methyl sites for hydroxylation is 1. The maximum Gasteiger partial charge on any atom is 0.0542 e. The van der Waals surface area contributed by atoms with Crippen LogP contribution in [-0.4, -0.2) is 42.3 Å². The average Bonchev–Trinajstić information content (AvgIpc) is 2.57. The van der Waals surface area contributed by atoms with Gasteiger partial charge >= 0.3 is 0 Å². The second kappa shape index (κ2) is 7.23. The van der Waals surface area contributed by atoms with Gasteiger partial charge in [0.25, 0.3) is 0 Å². The molecule has 0 unspecified atom stereocenters. The summed E-state index contributed by atoms with van der Waals surface area (Å²) in [6, 6.07) is 19.2. The minimum absolute atomic E-state index is 0.995. The number of benzene rings is 2. The molecule has 0 N–H and O–H groups in total. The van der Waals surface area contributed by atoms with E-state index in [-0.39, 0.29) is 0 Å². The maximum absolute atomic E-state index is 4.61. The minimum atomic E-state index is 0.995. The number of rotatable bonds is 4. The van der Waals surface area contributed by atoms with E-state index in [9.17, 15) is 0 Å². The first-order valence-corrected chi connectivity index (χ1v) is 7.91. The van der Waals surface area contributed by atoms with Crippen molar-refractivity contribution in [2.24, 2.45) is 5.10 Å². The van der Waals surface area contributed by atoms with E-state index in [0.717, 1.165) is 38.3 Å². The van der Waals surface area contributed by atoms with Crippen LogP contribution in [0.3, 0.4) is 0 Å². The van der Waals surface area contributed by atoms with Gasteiger partial charge in [0.15, 0.2) is 0 Å². The highest BCUT2D eigenvalue weighted by Crippen LogP contribution is 2.09. The van der Waals surface area contributed by atoms with Gasteiger partial charge in [-0.15, -0.1) is 0 Å². The van der Waals surface area contributed by atoms with Crippen molar-refractivity contribution in [2.45, 2.75) is 13.5 Å². The van der Waals surface area contributed by atoms with Crippen molar-refractivity contribution in [1.82, 2.24) is 9.91 Å². The highest BCUT2D eigenvalue weighted by molar-refractivity contribution is 5.79. The Labute approximate surface area is 132 Å². The van der Waals surface area contributed by atoms with Gasteiger partial charge in [-0.1, -0.05) is 60.2 Å². The molecule has 3 nitrogen and oxygen atoms in total. The van der Waals surface area contributed by atoms with Crippen LogP contribution in [0, 0.1) is 6.92 Å². The smallest absolute Gasteiger partial charge is 0.0542 e. The topological polar surface area (TPSA) is 18.8 Å². The van der Waals surface area contributed by atoms with Crippen molar-refractivity contribution in [3.63, 3.8) is 0 Å². The lowest BCUT2D eigenvalue weighted by atomic mass is 10.2. The van der Waals surface area contributed by atoms with Crippen molar-refractivity contribution in [3.8, 4) is 0 Å². The predicted molar refractivity (Wildman–Crippen MR) is 92.1 cm³/mol. The van der Waals surface area contributed by atoms with Crippen molar-refractivity contribution in [1.29, 1.82) is 0 Å². The Bertz CT molecular complexity index is 596. The predicted octanol–water partition coefficient (Wildman–Crippen LogP) is 3.15. The second-order valence-electron chi connectivity index (χ2n) is 5.87. The normalized spacial score (nSPS) is 16.3. The first-order chi connectivity index (χ1) is 10.8. The quantitative estimate of drug-likeness (QED) is 0.807. The molecule has 0 saturated carbocycles.